The smallest absolute Gasteiger partial charge is 0.276 e. The lowest BCUT2D eigenvalue weighted by molar-refractivity contribution is -0.0765. The molecule has 0 aromatic heterocycles. The Balaban J connectivity index is 1.99. The average molecular weight is 333 g/mol. The molecule has 0 saturated carbocycles. The van der Waals surface area contributed by atoms with Crippen LogP contribution in [0.15, 0.2) is 53.6 Å². The van der Waals surface area contributed by atoms with E-state index in [0.29, 0.717) is 16.3 Å². The van der Waals surface area contributed by atoms with Crippen LogP contribution in [0.4, 0.5) is 4.39 Å². The largest absolute Gasteiger partial charge is 0.365 e. The number of carbonyl (C=O) groups is 1. The number of hydrazone groups is 1. The quantitative estimate of drug-likeness (QED) is 0.914. The molecule has 0 spiro atoms. The summed E-state index contributed by atoms with van der Waals surface area (Å²) in [6, 6.07) is 11.7. The third-order valence-corrected chi connectivity index (χ3v) is 3.97. The molecule has 1 heterocycles. The van der Waals surface area contributed by atoms with Gasteiger partial charge in [0.15, 0.2) is 5.72 Å². The predicted octanol–water partition coefficient (Wildman–Crippen LogP) is 3.55. The summed E-state index contributed by atoms with van der Waals surface area (Å²) >= 11 is 5.88. The Morgan fingerprint density at radius 1 is 1.22 bits per heavy atom. The Bertz CT molecular complexity index is 774. The van der Waals surface area contributed by atoms with E-state index in [9.17, 15) is 14.3 Å². The van der Waals surface area contributed by atoms with Crippen LogP contribution in [0.5, 0.6) is 0 Å². The van der Waals surface area contributed by atoms with Crippen LogP contribution in [0.25, 0.3) is 0 Å². The normalized spacial score (nSPS) is 20.5. The topological polar surface area (TPSA) is 52.9 Å². The fourth-order valence-electron chi connectivity index (χ4n) is 2.59. The number of nitrogens with zero attached hydrogens (tertiary/aromatic N) is 2. The van der Waals surface area contributed by atoms with Gasteiger partial charge in [0, 0.05) is 28.3 Å². The predicted molar refractivity (Wildman–Crippen MR) is 85.6 cm³/mol. The molecular formula is C17H14ClFN2O2. The highest BCUT2D eigenvalue weighted by atomic mass is 35.5. The van der Waals surface area contributed by atoms with E-state index >= 15 is 0 Å². The van der Waals surface area contributed by atoms with Crippen molar-refractivity contribution in [1.82, 2.24) is 5.01 Å². The maximum absolute atomic E-state index is 13.0. The van der Waals surface area contributed by atoms with Gasteiger partial charge in [-0.2, -0.15) is 10.1 Å². The molecule has 1 amide bonds. The molecule has 0 radical (unpaired) electrons. The van der Waals surface area contributed by atoms with Gasteiger partial charge in [0.25, 0.3) is 5.91 Å². The SMILES string of the molecule is CC1=NN(C(=O)c2ccc(F)cc2)C(O)(c2ccc(Cl)cc2)C1. The molecule has 118 valence electrons. The van der Waals surface area contributed by atoms with E-state index in [0.717, 1.165) is 5.01 Å². The molecule has 1 atom stereocenters. The third-order valence-electron chi connectivity index (χ3n) is 3.71. The molecule has 1 unspecified atom stereocenters. The minimum Gasteiger partial charge on any atom is -0.365 e. The lowest BCUT2D eigenvalue weighted by Gasteiger charge is -2.31. The number of benzene rings is 2. The number of hydrogen-bond donors (Lipinski definition) is 1. The molecule has 1 aliphatic rings. The van der Waals surface area contributed by atoms with Gasteiger partial charge in [-0.1, -0.05) is 23.7 Å². The Morgan fingerprint density at radius 2 is 1.83 bits per heavy atom. The summed E-state index contributed by atoms with van der Waals surface area (Å²) in [5, 5.41) is 16.8. The highest BCUT2D eigenvalue weighted by Crippen LogP contribution is 2.36. The first kappa shape index (κ1) is 15.6. The summed E-state index contributed by atoms with van der Waals surface area (Å²) < 4.78 is 13.0. The van der Waals surface area contributed by atoms with Crippen LogP contribution >= 0.6 is 11.6 Å². The van der Waals surface area contributed by atoms with E-state index in [-0.39, 0.29) is 12.0 Å². The molecule has 6 heteroatoms. The van der Waals surface area contributed by atoms with Gasteiger partial charge < -0.3 is 5.11 Å². The monoisotopic (exact) mass is 332 g/mol. The van der Waals surface area contributed by atoms with E-state index in [1.54, 1.807) is 31.2 Å². The summed E-state index contributed by atoms with van der Waals surface area (Å²) in [5.41, 5.74) is -0.201. The van der Waals surface area contributed by atoms with Gasteiger partial charge in [-0.3, -0.25) is 4.79 Å². The molecule has 1 aliphatic heterocycles. The molecule has 0 bridgehead atoms. The zero-order chi connectivity index (χ0) is 16.6. The van der Waals surface area contributed by atoms with Crippen molar-refractivity contribution >= 4 is 23.2 Å². The van der Waals surface area contributed by atoms with Gasteiger partial charge in [0.2, 0.25) is 0 Å². The molecule has 0 saturated heterocycles. The number of aliphatic hydroxyl groups is 1. The minimum atomic E-state index is -1.58. The number of rotatable bonds is 2. The Kier molecular flexibility index (Phi) is 3.92. The van der Waals surface area contributed by atoms with Gasteiger partial charge in [0.05, 0.1) is 0 Å². The summed E-state index contributed by atoms with van der Waals surface area (Å²) in [6.45, 7) is 1.73. The highest BCUT2D eigenvalue weighted by Gasteiger charge is 2.45. The maximum atomic E-state index is 13.0. The van der Waals surface area contributed by atoms with Crippen LogP contribution in [0.2, 0.25) is 5.02 Å². The first-order chi connectivity index (χ1) is 10.9. The number of carbonyl (C=O) groups excluding carboxylic acids is 1. The van der Waals surface area contributed by atoms with E-state index in [1.807, 2.05) is 0 Å². The standard InChI is InChI=1S/C17H14ClFN2O2/c1-11-10-17(23,13-4-6-14(18)7-5-13)21(20-11)16(22)12-2-8-15(19)9-3-12/h2-9,23H,10H2,1H3. The van der Waals surface area contributed by atoms with Crippen molar-refractivity contribution < 1.29 is 14.3 Å². The van der Waals surface area contributed by atoms with Gasteiger partial charge in [-0.15, -0.1) is 0 Å². The highest BCUT2D eigenvalue weighted by molar-refractivity contribution is 6.30. The van der Waals surface area contributed by atoms with E-state index in [4.69, 9.17) is 11.6 Å². The van der Waals surface area contributed by atoms with Gasteiger partial charge in [0.1, 0.15) is 5.82 Å². The second-order valence-electron chi connectivity index (χ2n) is 5.46. The number of hydrogen-bond acceptors (Lipinski definition) is 3. The molecule has 23 heavy (non-hydrogen) atoms. The Labute approximate surface area is 137 Å². The molecule has 2 aromatic carbocycles. The summed E-state index contributed by atoms with van der Waals surface area (Å²) in [4.78, 5) is 12.7. The van der Waals surface area contributed by atoms with E-state index < -0.39 is 17.4 Å². The molecule has 4 nitrogen and oxygen atoms in total. The van der Waals surface area contributed by atoms with Crippen LogP contribution in [0.3, 0.4) is 0 Å². The number of halogens is 2. The molecular weight excluding hydrogens is 319 g/mol. The van der Waals surface area contributed by atoms with Crippen molar-refractivity contribution in [1.29, 1.82) is 0 Å². The van der Waals surface area contributed by atoms with E-state index in [2.05, 4.69) is 5.10 Å². The molecule has 1 N–H and O–H groups in total. The van der Waals surface area contributed by atoms with Crippen LogP contribution < -0.4 is 0 Å². The second-order valence-corrected chi connectivity index (χ2v) is 5.90. The summed E-state index contributed by atoms with van der Waals surface area (Å²) in [7, 11) is 0. The molecule has 0 fully saturated rings. The van der Waals surface area contributed by atoms with Gasteiger partial charge in [-0.05, 0) is 43.3 Å². The van der Waals surface area contributed by atoms with Gasteiger partial charge >= 0.3 is 0 Å². The maximum Gasteiger partial charge on any atom is 0.276 e. The second kappa shape index (κ2) is 5.76. The minimum absolute atomic E-state index is 0.196. The van der Waals surface area contributed by atoms with Crippen molar-refractivity contribution in [2.75, 3.05) is 0 Å². The van der Waals surface area contributed by atoms with Crippen molar-refractivity contribution in [3.63, 3.8) is 0 Å². The molecule has 2 aromatic rings. The summed E-state index contributed by atoms with van der Waals surface area (Å²) in [5.74, 6) is -0.935. The van der Waals surface area contributed by atoms with Crippen molar-refractivity contribution in [2.45, 2.75) is 19.1 Å². The first-order valence-corrected chi connectivity index (χ1v) is 7.40. The van der Waals surface area contributed by atoms with E-state index in [1.165, 1.54) is 24.3 Å². The number of amides is 1. The zero-order valence-electron chi connectivity index (χ0n) is 12.3. The fourth-order valence-corrected chi connectivity index (χ4v) is 2.72. The lowest BCUT2D eigenvalue weighted by Crippen LogP contribution is -2.43. The Hall–Kier alpha value is -2.24. The van der Waals surface area contributed by atoms with Crippen LogP contribution in [-0.2, 0) is 5.72 Å². The van der Waals surface area contributed by atoms with Gasteiger partial charge in [-0.25, -0.2) is 4.39 Å². The zero-order valence-corrected chi connectivity index (χ0v) is 13.1. The van der Waals surface area contributed by atoms with Crippen molar-refractivity contribution in [2.24, 2.45) is 5.10 Å². The van der Waals surface area contributed by atoms with Crippen LogP contribution in [0, 0.1) is 5.82 Å². The van der Waals surface area contributed by atoms with Crippen molar-refractivity contribution in [3.05, 3.63) is 70.5 Å². The summed E-state index contributed by atoms with van der Waals surface area (Å²) in [6.07, 6.45) is 0.196. The third kappa shape index (κ3) is 2.85. The Morgan fingerprint density at radius 3 is 2.43 bits per heavy atom. The average Bonchev–Trinajstić information content (AvgIpc) is 2.84. The molecule has 0 aliphatic carbocycles. The first-order valence-electron chi connectivity index (χ1n) is 7.03. The lowest BCUT2D eigenvalue weighted by atomic mass is 9.97. The van der Waals surface area contributed by atoms with Crippen LogP contribution in [-0.4, -0.2) is 21.7 Å². The molecule has 3 rings (SSSR count). The fraction of sp³-hybridized carbons (Fsp3) is 0.176. The van der Waals surface area contributed by atoms with Crippen molar-refractivity contribution in [3.8, 4) is 0 Å². The van der Waals surface area contributed by atoms with Crippen LogP contribution in [0.1, 0.15) is 29.3 Å².